The number of amides is 1. The first kappa shape index (κ1) is 11.7. The van der Waals surface area contributed by atoms with Crippen molar-refractivity contribution in [2.24, 2.45) is 0 Å². The van der Waals surface area contributed by atoms with E-state index >= 15 is 0 Å². The van der Waals surface area contributed by atoms with E-state index in [1.165, 1.54) is 31.2 Å². The van der Waals surface area contributed by atoms with Gasteiger partial charge in [0, 0.05) is 23.9 Å². The van der Waals surface area contributed by atoms with Gasteiger partial charge in [0.1, 0.15) is 0 Å². The summed E-state index contributed by atoms with van der Waals surface area (Å²) in [7, 11) is 0. The molecule has 1 aromatic carbocycles. The van der Waals surface area contributed by atoms with Gasteiger partial charge in [-0.1, -0.05) is 0 Å². The zero-order valence-electron chi connectivity index (χ0n) is 8.51. The van der Waals surface area contributed by atoms with Crippen molar-refractivity contribution in [3.63, 3.8) is 0 Å². The van der Waals surface area contributed by atoms with Crippen LogP contribution < -0.4 is 5.32 Å². The molecule has 0 aliphatic carbocycles. The third kappa shape index (κ3) is 3.41. The SMILES string of the molecule is C/C(O)=C/C(=O)Nc1ccc([N+](=O)[O-])cc1. The number of carbonyl (C=O) groups excluding carboxylic acids is 1. The Morgan fingerprint density at radius 1 is 1.44 bits per heavy atom. The van der Waals surface area contributed by atoms with Crippen LogP contribution in [0.4, 0.5) is 11.4 Å². The van der Waals surface area contributed by atoms with Crippen LogP contribution in [-0.4, -0.2) is 15.9 Å². The summed E-state index contributed by atoms with van der Waals surface area (Å²) >= 11 is 0. The van der Waals surface area contributed by atoms with Crippen molar-refractivity contribution in [3.8, 4) is 0 Å². The lowest BCUT2D eigenvalue weighted by Gasteiger charge is -2.01. The third-order valence-corrected chi connectivity index (χ3v) is 1.69. The quantitative estimate of drug-likeness (QED) is 0.354. The van der Waals surface area contributed by atoms with E-state index in [1.807, 2.05) is 0 Å². The summed E-state index contributed by atoms with van der Waals surface area (Å²) in [6, 6.07) is 5.39. The van der Waals surface area contributed by atoms with Crippen LogP contribution >= 0.6 is 0 Å². The zero-order valence-corrected chi connectivity index (χ0v) is 8.51. The Balaban J connectivity index is 2.73. The first-order chi connectivity index (χ1) is 7.49. The normalized spacial score (nSPS) is 10.9. The number of nitrogens with zero attached hydrogens (tertiary/aromatic N) is 1. The molecule has 0 atom stereocenters. The Hall–Kier alpha value is -2.37. The van der Waals surface area contributed by atoms with Gasteiger partial charge >= 0.3 is 0 Å². The average molecular weight is 222 g/mol. The molecule has 0 unspecified atom stereocenters. The summed E-state index contributed by atoms with van der Waals surface area (Å²) in [5, 5.41) is 21.6. The highest BCUT2D eigenvalue weighted by atomic mass is 16.6. The molecule has 0 aliphatic heterocycles. The van der Waals surface area contributed by atoms with Crippen molar-refractivity contribution in [3.05, 3.63) is 46.2 Å². The molecule has 16 heavy (non-hydrogen) atoms. The van der Waals surface area contributed by atoms with Crippen LogP contribution in [-0.2, 0) is 4.79 Å². The molecule has 0 bridgehead atoms. The smallest absolute Gasteiger partial charge is 0.269 e. The lowest BCUT2D eigenvalue weighted by molar-refractivity contribution is -0.384. The number of aliphatic hydroxyl groups is 1. The van der Waals surface area contributed by atoms with Crippen LogP contribution in [0.5, 0.6) is 0 Å². The summed E-state index contributed by atoms with van der Waals surface area (Å²) in [5.41, 5.74) is 0.375. The van der Waals surface area contributed by atoms with E-state index in [0.717, 1.165) is 6.08 Å². The molecule has 0 spiro atoms. The maximum atomic E-state index is 11.2. The van der Waals surface area contributed by atoms with E-state index in [4.69, 9.17) is 5.11 Å². The monoisotopic (exact) mass is 222 g/mol. The molecule has 6 nitrogen and oxygen atoms in total. The van der Waals surface area contributed by atoms with Gasteiger partial charge in [-0.3, -0.25) is 14.9 Å². The van der Waals surface area contributed by atoms with Gasteiger partial charge in [-0.05, 0) is 19.1 Å². The van der Waals surface area contributed by atoms with E-state index in [0.29, 0.717) is 5.69 Å². The summed E-state index contributed by atoms with van der Waals surface area (Å²) in [6.45, 7) is 1.37. The maximum Gasteiger partial charge on any atom is 0.269 e. The predicted molar refractivity (Wildman–Crippen MR) is 58.1 cm³/mol. The van der Waals surface area contributed by atoms with Gasteiger partial charge in [0.15, 0.2) is 0 Å². The van der Waals surface area contributed by atoms with Gasteiger partial charge in [0.05, 0.1) is 10.7 Å². The molecule has 6 heteroatoms. The minimum absolute atomic E-state index is 0.0492. The van der Waals surface area contributed by atoms with Crippen LogP contribution in [0, 0.1) is 10.1 Å². The number of nitrogens with one attached hydrogen (secondary N) is 1. The van der Waals surface area contributed by atoms with E-state index in [2.05, 4.69) is 5.32 Å². The second-order valence-electron chi connectivity index (χ2n) is 3.08. The van der Waals surface area contributed by atoms with Gasteiger partial charge in [-0.2, -0.15) is 0 Å². The second kappa shape index (κ2) is 4.92. The predicted octanol–water partition coefficient (Wildman–Crippen LogP) is 2.00. The summed E-state index contributed by atoms with van der Waals surface area (Å²) in [4.78, 5) is 21.0. The number of nitro benzene ring substituents is 1. The number of nitro groups is 1. The maximum absolute atomic E-state index is 11.2. The molecule has 0 fully saturated rings. The first-order valence-corrected chi connectivity index (χ1v) is 4.42. The topological polar surface area (TPSA) is 92.5 Å². The van der Waals surface area contributed by atoms with Crippen molar-refractivity contribution in [1.82, 2.24) is 0 Å². The van der Waals surface area contributed by atoms with Crippen LogP contribution in [0.1, 0.15) is 6.92 Å². The number of allylic oxidation sites excluding steroid dienone is 1. The van der Waals surface area contributed by atoms with Gasteiger partial charge in [-0.15, -0.1) is 0 Å². The molecule has 84 valence electrons. The fraction of sp³-hybridized carbons (Fsp3) is 0.100. The number of aliphatic hydroxyl groups excluding tert-OH is 1. The standard InChI is InChI=1S/C10H10N2O4/c1-7(13)6-10(14)11-8-2-4-9(5-3-8)12(15)16/h2-6,13H,1H3,(H,11,14)/b7-6-. The molecule has 0 saturated heterocycles. The Morgan fingerprint density at radius 2 is 2.00 bits per heavy atom. The molecule has 0 aromatic heterocycles. The first-order valence-electron chi connectivity index (χ1n) is 4.42. The van der Waals surface area contributed by atoms with E-state index in [-0.39, 0.29) is 11.4 Å². The molecule has 1 rings (SSSR count). The van der Waals surface area contributed by atoms with Crippen molar-refractivity contribution in [2.75, 3.05) is 5.32 Å². The van der Waals surface area contributed by atoms with Crippen molar-refractivity contribution < 1.29 is 14.8 Å². The van der Waals surface area contributed by atoms with Gasteiger partial charge in [-0.25, -0.2) is 0 Å². The number of non-ortho nitro benzene ring substituents is 1. The molecule has 1 amide bonds. The summed E-state index contributed by atoms with van der Waals surface area (Å²) < 4.78 is 0. The van der Waals surface area contributed by atoms with Gasteiger partial charge in [0.2, 0.25) is 0 Å². The molecule has 0 saturated carbocycles. The largest absolute Gasteiger partial charge is 0.512 e. The van der Waals surface area contributed by atoms with Crippen molar-refractivity contribution in [2.45, 2.75) is 6.92 Å². The molecular weight excluding hydrogens is 212 g/mol. The fourth-order valence-electron chi connectivity index (χ4n) is 1.03. The Morgan fingerprint density at radius 3 is 2.44 bits per heavy atom. The minimum atomic E-state index is -0.524. The second-order valence-corrected chi connectivity index (χ2v) is 3.08. The minimum Gasteiger partial charge on any atom is -0.512 e. The van der Waals surface area contributed by atoms with Gasteiger partial charge < -0.3 is 10.4 Å². The third-order valence-electron chi connectivity index (χ3n) is 1.69. The summed E-state index contributed by atoms with van der Waals surface area (Å²) in [6.07, 6.45) is 1.02. The highest BCUT2D eigenvalue weighted by molar-refractivity contribution is 5.99. The molecule has 2 N–H and O–H groups in total. The van der Waals surface area contributed by atoms with Crippen LogP contribution in [0.2, 0.25) is 0 Å². The number of anilines is 1. The highest BCUT2D eigenvalue weighted by Gasteiger charge is 2.05. The average Bonchev–Trinajstić information content (AvgIpc) is 2.16. The lowest BCUT2D eigenvalue weighted by Crippen LogP contribution is -2.08. The number of benzene rings is 1. The van der Waals surface area contributed by atoms with Crippen molar-refractivity contribution >= 4 is 17.3 Å². The molecular formula is C10H10N2O4. The Kier molecular flexibility index (Phi) is 3.60. The van der Waals surface area contributed by atoms with Crippen LogP contribution in [0.15, 0.2) is 36.1 Å². The zero-order chi connectivity index (χ0) is 12.1. The molecule has 0 heterocycles. The highest BCUT2D eigenvalue weighted by Crippen LogP contribution is 2.15. The van der Waals surface area contributed by atoms with Crippen molar-refractivity contribution in [1.29, 1.82) is 0 Å². The number of hydrogen-bond donors (Lipinski definition) is 2. The van der Waals surface area contributed by atoms with Crippen LogP contribution in [0.3, 0.4) is 0 Å². The van der Waals surface area contributed by atoms with E-state index in [1.54, 1.807) is 0 Å². The summed E-state index contributed by atoms with van der Waals surface area (Å²) in [5.74, 6) is -0.603. The van der Waals surface area contributed by atoms with E-state index in [9.17, 15) is 14.9 Å². The Labute approximate surface area is 91.4 Å². The lowest BCUT2D eigenvalue weighted by atomic mass is 10.3. The van der Waals surface area contributed by atoms with Crippen LogP contribution in [0.25, 0.3) is 0 Å². The Bertz CT molecular complexity index is 433. The molecule has 0 aliphatic rings. The number of rotatable bonds is 3. The molecule has 1 aromatic rings. The fourth-order valence-corrected chi connectivity index (χ4v) is 1.03. The number of hydrogen-bond acceptors (Lipinski definition) is 4. The van der Waals surface area contributed by atoms with E-state index < -0.39 is 10.8 Å². The van der Waals surface area contributed by atoms with Gasteiger partial charge in [0.25, 0.3) is 11.6 Å². The number of carbonyl (C=O) groups is 1. The molecule has 0 radical (unpaired) electrons.